The Morgan fingerprint density at radius 3 is 2.67 bits per heavy atom. The zero-order chi connectivity index (χ0) is 17.0. The van der Waals surface area contributed by atoms with Crippen molar-refractivity contribution in [1.82, 2.24) is 5.32 Å². The number of rotatable bonds is 8. The van der Waals surface area contributed by atoms with Gasteiger partial charge in [-0.1, -0.05) is 18.2 Å². The molecule has 4 nitrogen and oxygen atoms in total. The molecule has 1 aromatic carbocycles. The Labute approximate surface area is 146 Å². The van der Waals surface area contributed by atoms with Gasteiger partial charge in [0.15, 0.2) is 0 Å². The summed E-state index contributed by atoms with van der Waals surface area (Å²) in [5, 5.41) is 15.9. The van der Waals surface area contributed by atoms with Crippen LogP contribution in [-0.2, 0) is 16.8 Å². The van der Waals surface area contributed by atoms with Crippen LogP contribution >= 0.6 is 11.3 Å². The Balaban J connectivity index is 1.56. The number of hydrogen-bond acceptors (Lipinski definition) is 4. The zero-order valence-electron chi connectivity index (χ0n) is 13.8. The number of carbonyl (C=O) groups is 1. The Morgan fingerprint density at radius 2 is 2.08 bits per heavy atom. The van der Waals surface area contributed by atoms with Crippen molar-refractivity contribution in [3.05, 3.63) is 52.2 Å². The molecule has 0 spiro atoms. The van der Waals surface area contributed by atoms with Gasteiger partial charge in [0.1, 0.15) is 11.4 Å². The monoisotopic (exact) mass is 345 g/mol. The van der Waals surface area contributed by atoms with Crippen molar-refractivity contribution in [1.29, 1.82) is 0 Å². The molecule has 24 heavy (non-hydrogen) atoms. The topological polar surface area (TPSA) is 58.6 Å². The van der Waals surface area contributed by atoms with Crippen LogP contribution in [0.15, 0.2) is 41.8 Å². The minimum atomic E-state index is -0.928. The number of aliphatic hydroxyl groups is 1. The molecule has 1 aliphatic rings. The fourth-order valence-electron chi connectivity index (χ4n) is 2.87. The second-order valence-corrected chi connectivity index (χ2v) is 7.15. The lowest BCUT2D eigenvalue weighted by atomic mass is 9.95. The molecule has 0 aliphatic heterocycles. The van der Waals surface area contributed by atoms with E-state index in [-0.39, 0.29) is 18.4 Å². The molecule has 1 amide bonds. The van der Waals surface area contributed by atoms with E-state index >= 15 is 0 Å². The van der Waals surface area contributed by atoms with Crippen molar-refractivity contribution in [3.63, 3.8) is 0 Å². The van der Waals surface area contributed by atoms with Crippen molar-refractivity contribution in [2.75, 3.05) is 13.2 Å². The highest BCUT2D eigenvalue weighted by Crippen LogP contribution is 2.46. The van der Waals surface area contributed by atoms with E-state index in [4.69, 9.17) is 4.74 Å². The molecule has 1 heterocycles. The molecule has 1 fully saturated rings. The maximum absolute atomic E-state index is 12.2. The zero-order valence-corrected chi connectivity index (χ0v) is 14.6. The van der Waals surface area contributed by atoms with Crippen molar-refractivity contribution >= 4 is 17.2 Å². The molecule has 2 N–H and O–H groups in total. The van der Waals surface area contributed by atoms with E-state index < -0.39 is 5.60 Å². The second kappa shape index (κ2) is 7.36. The molecular weight excluding hydrogens is 322 g/mol. The fraction of sp³-hybridized carbons (Fsp3) is 0.421. The molecule has 0 unspecified atom stereocenters. The van der Waals surface area contributed by atoms with Gasteiger partial charge in [-0.05, 0) is 54.8 Å². The van der Waals surface area contributed by atoms with Gasteiger partial charge in [0, 0.05) is 4.88 Å². The third-order valence-electron chi connectivity index (χ3n) is 4.35. The van der Waals surface area contributed by atoms with Crippen LogP contribution in [0.3, 0.4) is 0 Å². The average Bonchev–Trinajstić information content (AvgIpc) is 3.30. The SMILES string of the molecule is CCOc1ccc(CC(=O)NC[C@](O)(c2cccs2)C2CC2)cc1. The smallest absolute Gasteiger partial charge is 0.224 e. The molecule has 5 heteroatoms. The molecule has 0 radical (unpaired) electrons. The standard InChI is InChI=1S/C19H23NO3S/c1-2-23-16-9-5-14(6-10-16)12-18(21)20-13-19(22,15-7-8-15)17-4-3-11-24-17/h3-6,9-11,15,22H,2,7-8,12-13H2,1H3,(H,20,21)/t19-/m1/s1. The van der Waals surface area contributed by atoms with Gasteiger partial charge < -0.3 is 15.2 Å². The second-order valence-electron chi connectivity index (χ2n) is 6.21. The number of benzene rings is 1. The van der Waals surface area contributed by atoms with Gasteiger partial charge in [-0.3, -0.25) is 4.79 Å². The van der Waals surface area contributed by atoms with Crippen LogP contribution in [0.5, 0.6) is 5.75 Å². The van der Waals surface area contributed by atoms with Crippen molar-refractivity contribution in [3.8, 4) is 5.75 Å². The quantitative estimate of drug-likeness (QED) is 0.773. The molecule has 0 saturated heterocycles. The summed E-state index contributed by atoms with van der Waals surface area (Å²) < 4.78 is 5.40. The maximum Gasteiger partial charge on any atom is 0.224 e. The third kappa shape index (κ3) is 3.97. The summed E-state index contributed by atoms with van der Waals surface area (Å²) in [5.41, 5.74) is 0.00452. The summed E-state index contributed by atoms with van der Waals surface area (Å²) in [6.07, 6.45) is 2.34. The van der Waals surface area contributed by atoms with E-state index in [0.29, 0.717) is 13.0 Å². The lowest BCUT2D eigenvalue weighted by Crippen LogP contribution is -2.42. The van der Waals surface area contributed by atoms with Gasteiger partial charge in [0.25, 0.3) is 0 Å². The van der Waals surface area contributed by atoms with Crippen LogP contribution in [0.1, 0.15) is 30.2 Å². The molecular formula is C19H23NO3S. The normalized spacial score (nSPS) is 16.4. The highest BCUT2D eigenvalue weighted by molar-refractivity contribution is 7.10. The van der Waals surface area contributed by atoms with E-state index in [1.165, 1.54) is 0 Å². The molecule has 2 aromatic rings. The van der Waals surface area contributed by atoms with Gasteiger partial charge >= 0.3 is 0 Å². The Morgan fingerprint density at radius 1 is 1.33 bits per heavy atom. The van der Waals surface area contributed by atoms with Gasteiger partial charge in [-0.2, -0.15) is 0 Å². The number of carbonyl (C=O) groups excluding carboxylic acids is 1. The number of hydrogen-bond donors (Lipinski definition) is 2. The predicted molar refractivity (Wildman–Crippen MR) is 95.3 cm³/mol. The van der Waals surface area contributed by atoms with Gasteiger partial charge in [-0.15, -0.1) is 11.3 Å². The van der Waals surface area contributed by atoms with Gasteiger partial charge in [0.05, 0.1) is 19.6 Å². The van der Waals surface area contributed by atoms with Gasteiger partial charge in [-0.25, -0.2) is 0 Å². The van der Waals surface area contributed by atoms with Crippen LogP contribution in [0.25, 0.3) is 0 Å². The van der Waals surface area contributed by atoms with Crippen LogP contribution < -0.4 is 10.1 Å². The first-order valence-corrected chi connectivity index (χ1v) is 9.24. The average molecular weight is 345 g/mol. The lowest BCUT2D eigenvalue weighted by molar-refractivity contribution is -0.122. The molecule has 1 saturated carbocycles. The highest BCUT2D eigenvalue weighted by atomic mass is 32.1. The summed E-state index contributed by atoms with van der Waals surface area (Å²) in [6, 6.07) is 11.4. The first kappa shape index (κ1) is 17.0. The van der Waals surface area contributed by atoms with Crippen LogP contribution in [0.4, 0.5) is 0 Å². The van der Waals surface area contributed by atoms with Gasteiger partial charge in [0.2, 0.25) is 5.91 Å². The minimum Gasteiger partial charge on any atom is -0.494 e. The Bertz CT molecular complexity index is 664. The first-order chi connectivity index (χ1) is 11.6. The lowest BCUT2D eigenvalue weighted by Gasteiger charge is -2.27. The summed E-state index contributed by atoms with van der Waals surface area (Å²) in [7, 11) is 0. The van der Waals surface area contributed by atoms with E-state index in [9.17, 15) is 9.90 Å². The number of thiophene rings is 1. The summed E-state index contributed by atoms with van der Waals surface area (Å²) in [5.74, 6) is 0.985. The van der Waals surface area contributed by atoms with E-state index in [2.05, 4.69) is 5.32 Å². The molecule has 0 bridgehead atoms. The molecule has 128 valence electrons. The minimum absolute atomic E-state index is 0.0743. The van der Waals surface area contributed by atoms with Crippen LogP contribution in [-0.4, -0.2) is 24.2 Å². The van der Waals surface area contributed by atoms with Crippen molar-refractivity contribution in [2.24, 2.45) is 5.92 Å². The summed E-state index contributed by atoms with van der Waals surface area (Å²) in [4.78, 5) is 13.2. The first-order valence-electron chi connectivity index (χ1n) is 8.36. The largest absolute Gasteiger partial charge is 0.494 e. The molecule has 1 aromatic heterocycles. The van der Waals surface area contributed by atoms with Crippen molar-refractivity contribution < 1.29 is 14.6 Å². The summed E-state index contributed by atoms with van der Waals surface area (Å²) in [6.45, 7) is 2.84. The summed E-state index contributed by atoms with van der Waals surface area (Å²) >= 11 is 1.54. The van der Waals surface area contributed by atoms with E-state index in [1.807, 2.05) is 48.7 Å². The molecule has 1 atom stereocenters. The predicted octanol–water partition coefficient (Wildman–Crippen LogP) is 3.10. The maximum atomic E-state index is 12.2. The Kier molecular flexibility index (Phi) is 5.21. The Hall–Kier alpha value is -1.85. The van der Waals surface area contributed by atoms with Crippen LogP contribution in [0, 0.1) is 5.92 Å². The molecule has 1 aliphatic carbocycles. The third-order valence-corrected chi connectivity index (χ3v) is 5.39. The van der Waals surface area contributed by atoms with Crippen LogP contribution in [0.2, 0.25) is 0 Å². The molecule has 3 rings (SSSR count). The highest BCUT2D eigenvalue weighted by Gasteiger charge is 2.45. The number of ether oxygens (including phenoxy) is 1. The van der Waals surface area contributed by atoms with Crippen molar-refractivity contribution in [2.45, 2.75) is 31.8 Å². The number of amides is 1. The number of nitrogens with one attached hydrogen (secondary N) is 1. The fourth-order valence-corrected chi connectivity index (χ4v) is 3.77. The van der Waals surface area contributed by atoms with E-state index in [0.717, 1.165) is 29.0 Å². The van der Waals surface area contributed by atoms with E-state index in [1.54, 1.807) is 11.3 Å².